The molecule has 5 nitrogen and oxygen atoms in total. The van der Waals surface area contributed by atoms with Crippen molar-refractivity contribution in [3.8, 4) is 5.69 Å². The van der Waals surface area contributed by atoms with E-state index in [2.05, 4.69) is 56.3 Å². The first-order valence-electron chi connectivity index (χ1n) is 12.3. The molecular weight excluding hydrogens is 439 g/mol. The molecule has 182 valence electrons. The normalized spacial score (nSPS) is 14.7. The first kappa shape index (κ1) is 24.6. The van der Waals surface area contributed by atoms with Crippen LogP contribution in [0.4, 0.5) is 4.39 Å². The Morgan fingerprint density at radius 1 is 1.29 bits per heavy atom. The van der Waals surface area contributed by atoms with Crippen molar-refractivity contribution in [3.05, 3.63) is 96.6 Å². The Labute approximate surface area is 206 Å². The SMILES string of the molecule is C=C/C=C(\c1c(C(CC)CCCC(=O)C(=C)F)nn(-c2ccc(C3CC3)cc2)c1C)n1ccnc1. The Hall–Kier alpha value is -3.54. The summed E-state index contributed by atoms with van der Waals surface area (Å²) in [5.74, 6) is -0.592. The number of rotatable bonds is 12. The molecule has 0 radical (unpaired) electrons. The monoisotopic (exact) mass is 472 g/mol. The lowest BCUT2D eigenvalue weighted by Crippen LogP contribution is -2.07. The van der Waals surface area contributed by atoms with Crippen molar-refractivity contribution in [1.29, 1.82) is 0 Å². The van der Waals surface area contributed by atoms with E-state index in [0.717, 1.165) is 41.2 Å². The van der Waals surface area contributed by atoms with E-state index in [1.807, 2.05) is 21.5 Å². The Bertz CT molecular complexity index is 1230. The zero-order valence-electron chi connectivity index (χ0n) is 20.6. The number of ketones is 1. The summed E-state index contributed by atoms with van der Waals surface area (Å²) in [7, 11) is 0. The molecule has 2 heterocycles. The van der Waals surface area contributed by atoms with E-state index in [-0.39, 0.29) is 12.3 Å². The second-order valence-corrected chi connectivity index (χ2v) is 9.21. The molecule has 1 saturated carbocycles. The summed E-state index contributed by atoms with van der Waals surface area (Å²) in [5, 5.41) is 5.12. The van der Waals surface area contributed by atoms with E-state index < -0.39 is 11.6 Å². The van der Waals surface area contributed by atoms with Crippen LogP contribution >= 0.6 is 0 Å². The first-order chi connectivity index (χ1) is 16.9. The van der Waals surface area contributed by atoms with Gasteiger partial charge in [-0.3, -0.25) is 4.79 Å². The molecule has 1 atom stereocenters. The molecule has 35 heavy (non-hydrogen) atoms. The molecule has 0 spiro atoms. The van der Waals surface area contributed by atoms with Crippen molar-refractivity contribution >= 4 is 11.5 Å². The summed E-state index contributed by atoms with van der Waals surface area (Å²) < 4.78 is 17.2. The van der Waals surface area contributed by atoms with Gasteiger partial charge in [-0.1, -0.05) is 38.3 Å². The van der Waals surface area contributed by atoms with Crippen LogP contribution in [0.15, 0.2) is 74.1 Å². The summed E-state index contributed by atoms with van der Waals surface area (Å²) >= 11 is 0. The van der Waals surface area contributed by atoms with Crippen molar-refractivity contribution in [2.45, 2.75) is 64.2 Å². The molecule has 4 rings (SSSR count). The quantitative estimate of drug-likeness (QED) is 0.210. The van der Waals surface area contributed by atoms with Gasteiger partial charge in [0.25, 0.3) is 0 Å². The highest BCUT2D eigenvalue weighted by molar-refractivity contribution is 5.92. The molecule has 0 bridgehead atoms. The van der Waals surface area contributed by atoms with Crippen molar-refractivity contribution in [3.63, 3.8) is 0 Å². The van der Waals surface area contributed by atoms with Crippen LogP contribution < -0.4 is 0 Å². The Kier molecular flexibility index (Phi) is 7.59. The number of Topliss-reactive ketones (excluding diaryl/α,β-unsaturated/α-hetero) is 1. The molecule has 0 amide bonds. The minimum absolute atomic E-state index is 0.105. The van der Waals surface area contributed by atoms with E-state index in [4.69, 9.17) is 5.10 Å². The number of allylic oxidation sites excluding steroid dienone is 3. The largest absolute Gasteiger partial charge is 0.306 e. The standard InChI is InChI=1S/C29H33FN4O/c1-5-8-26(33-18-17-31-19-33)28-21(4)34(25-15-13-24(14-16-25)23-11-12-23)32-29(28)22(6-2)9-7-10-27(35)20(3)30/h5,8,13-19,22-23H,1,3,6-7,9-12H2,2,4H3/b26-8+. The lowest BCUT2D eigenvalue weighted by atomic mass is 9.91. The third-order valence-corrected chi connectivity index (χ3v) is 6.78. The molecular formula is C29H33FN4O. The fraction of sp³-hybridized carbons (Fsp3) is 0.345. The topological polar surface area (TPSA) is 52.7 Å². The Morgan fingerprint density at radius 2 is 2.03 bits per heavy atom. The second kappa shape index (κ2) is 10.8. The minimum atomic E-state index is -0.871. The van der Waals surface area contributed by atoms with Crippen molar-refractivity contribution < 1.29 is 9.18 Å². The number of hydrogen-bond acceptors (Lipinski definition) is 3. The maximum Gasteiger partial charge on any atom is 0.190 e. The number of aromatic nitrogens is 4. The predicted octanol–water partition coefficient (Wildman–Crippen LogP) is 7.05. The minimum Gasteiger partial charge on any atom is -0.306 e. The predicted molar refractivity (Wildman–Crippen MR) is 138 cm³/mol. The van der Waals surface area contributed by atoms with Gasteiger partial charge in [-0.25, -0.2) is 14.1 Å². The number of carbonyl (C=O) groups is 1. The van der Waals surface area contributed by atoms with Gasteiger partial charge >= 0.3 is 0 Å². The van der Waals surface area contributed by atoms with Gasteiger partial charge in [-0.05, 0) is 68.7 Å². The molecule has 1 aromatic carbocycles. The molecule has 1 fully saturated rings. The fourth-order valence-corrected chi connectivity index (χ4v) is 4.67. The van der Waals surface area contributed by atoms with Crippen LogP contribution in [0.5, 0.6) is 0 Å². The summed E-state index contributed by atoms with van der Waals surface area (Å²) in [6.07, 6.45) is 14.0. The Morgan fingerprint density at radius 3 is 2.60 bits per heavy atom. The first-order valence-corrected chi connectivity index (χ1v) is 12.3. The van der Waals surface area contributed by atoms with Gasteiger partial charge in [0.2, 0.25) is 0 Å². The van der Waals surface area contributed by atoms with Crippen LogP contribution in [0.25, 0.3) is 11.4 Å². The molecule has 1 aliphatic rings. The third-order valence-electron chi connectivity index (χ3n) is 6.78. The lowest BCUT2D eigenvalue weighted by Gasteiger charge is -2.16. The van der Waals surface area contributed by atoms with Crippen LogP contribution in [0.3, 0.4) is 0 Å². The van der Waals surface area contributed by atoms with E-state index in [1.54, 1.807) is 18.6 Å². The average Bonchev–Trinajstić information content (AvgIpc) is 3.46. The maximum atomic E-state index is 13.2. The zero-order chi connectivity index (χ0) is 24.9. The highest BCUT2D eigenvalue weighted by Crippen LogP contribution is 2.40. The van der Waals surface area contributed by atoms with Gasteiger partial charge in [0.05, 0.1) is 29.1 Å². The van der Waals surface area contributed by atoms with E-state index in [0.29, 0.717) is 12.3 Å². The molecule has 3 aromatic rings. The fourth-order valence-electron chi connectivity index (χ4n) is 4.67. The molecule has 0 aliphatic heterocycles. The van der Waals surface area contributed by atoms with E-state index in [1.165, 1.54) is 18.4 Å². The molecule has 0 N–H and O–H groups in total. The number of imidazole rings is 1. The molecule has 6 heteroatoms. The van der Waals surface area contributed by atoms with Crippen LogP contribution in [0, 0.1) is 6.92 Å². The smallest absolute Gasteiger partial charge is 0.190 e. The summed E-state index contributed by atoms with van der Waals surface area (Å²) in [6, 6.07) is 8.69. The van der Waals surface area contributed by atoms with Crippen LogP contribution in [-0.4, -0.2) is 25.1 Å². The van der Waals surface area contributed by atoms with Crippen molar-refractivity contribution in [1.82, 2.24) is 19.3 Å². The summed E-state index contributed by atoms with van der Waals surface area (Å²) in [6.45, 7) is 11.3. The van der Waals surface area contributed by atoms with Gasteiger partial charge in [-0.2, -0.15) is 5.10 Å². The maximum absolute atomic E-state index is 13.2. The second-order valence-electron chi connectivity index (χ2n) is 9.21. The van der Waals surface area contributed by atoms with Gasteiger partial charge in [0.15, 0.2) is 11.6 Å². The highest BCUT2D eigenvalue weighted by atomic mass is 19.1. The van der Waals surface area contributed by atoms with Gasteiger partial charge in [-0.15, -0.1) is 0 Å². The number of nitrogens with zero attached hydrogens (tertiary/aromatic N) is 4. The number of hydrogen-bond donors (Lipinski definition) is 0. The number of halogens is 1. The molecule has 1 unspecified atom stereocenters. The molecule has 0 saturated heterocycles. The van der Waals surface area contributed by atoms with E-state index in [9.17, 15) is 9.18 Å². The summed E-state index contributed by atoms with van der Waals surface area (Å²) in [5.41, 5.74) is 6.36. The van der Waals surface area contributed by atoms with Gasteiger partial charge in [0, 0.05) is 30.3 Å². The van der Waals surface area contributed by atoms with Crippen LogP contribution in [0.1, 0.15) is 79.8 Å². The Balaban J connectivity index is 1.76. The molecule has 1 aliphatic carbocycles. The molecule has 2 aromatic heterocycles. The van der Waals surface area contributed by atoms with E-state index >= 15 is 0 Å². The number of carbonyl (C=O) groups excluding carboxylic acids is 1. The zero-order valence-corrected chi connectivity index (χ0v) is 20.6. The van der Waals surface area contributed by atoms with Gasteiger partial charge < -0.3 is 4.57 Å². The third kappa shape index (κ3) is 5.42. The van der Waals surface area contributed by atoms with Crippen molar-refractivity contribution in [2.24, 2.45) is 0 Å². The average molecular weight is 473 g/mol. The van der Waals surface area contributed by atoms with Crippen LogP contribution in [-0.2, 0) is 4.79 Å². The van der Waals surface area contributed by atoms with Crippen LogP contribution in [0.2, 0.25) is 0 Å². The number of benzene rings is 1. The van der Waals surface area contributed by atoms with Crippen molar-refractivity contribution in [2.75, 3.05) is 0 Å². The lowest BCUT2D eigenvalue weighted by molar-refractivity contribution is -0.117. The highest BCUT2D eigenvalue weighted by Gasteiger charge is 2.26. The summed E-state index contributed by atoms with van der Waals surface area (Å²) in [4.78, 5) is 16.0. The van der Waals surface area contributed by atoms with Gasteiger partial charge in [0.1, 0.15) is 0 Å².